The first-order valence-corrected chi connectivity index (χ1v) is 8.97. The molecule has 72 valence electrons. The third-order valence-corrected chi connectivity index (χ3v) is 4.00. The van der Waals surface area contributed by atoms with Crippen LogP contribution in [0.3, 0.4) is 0 Å². The summed E-state index contributed by atoms with van der Waals surface area (Å²) in [6.07, 6.45) is 5.64. The predicted octanol–water partition coefficient (Wildman–Crippen LogP) is 2.74. The van der Waals surface area contributed by atoms with Gasteiger partial charge in [-0.05, 0) is 32.0 Å². The maximum Gasteiger partial charge on any atom is 0.0599 e. The van der Waals surface area contributed by atoms with Gasteiger partial charge in [-0.25, -0.2) is 0 Å². The van der Waals surface area contributed by atoms with Crippen LogP contribution in [-0.2, 0) is 0 Å². The number of nitrogens with zero attached hydrogens (tertiary/aromatic N) is 1. The Labute approximate surface area is 78.2 Å². The quantitative estimate of drug-likeness (QED) is 0.611. The van der Waals surface area contributed by atoms with Crippen molar-refractivity contribution in [2.24, 2.45) is 0 Å². The molecule has 0 spiro atoms. The summed E-state index contributed by atoms with van der Waals surface area (Å²) in [6, 6.07) is 0.914. The molecule has 0 saturated carbocycles. The van der Waals surface area contributed by atoms with Gasteiger partial charge in [0.2, 0.25) is 0 Å². The maximum atomic E-state index is 2.73. The van der Waals surface area contributed by atoms with E-state index in [9.17, 15) is 0 Å². The molecule has 0 N–H and O–H groups in total. The summed E-state index contributed by atoms with van der Waals surface area (Å²) in [4.78, 5) is 2.73. The number of hydrogen-bond acceptors (Lipinski definition) is 1. The first-order valence-electron chi connectivity index (χ1n) is 5.27. The molecule has 1 rings (SSSR count). The van der Waals surface area contributed by atoms with Gasteiger partial charge < -0.3 is 4.90 Å². The third-order valence-electron chi connectivity index (χ3n) is 2.65. The van der Waals surface area contributed by atoms with E-state index in [0.29, 0.717) is 0 Å². The van der Waals surface area contributed by atoms with Crippen LogP contribution in [-0.4, -0.2) is 31.7 Å². The van der Waals surface area contributed by atoms with Crippen LogP contribution < -0.4 is 0 Å². The molecule has 1 atom stereocenters. The Morgan fingerprint density at radius 3 is 2.50 bits per heavy atom. The molecule has 0 aromatic heterocycles. The standard InChI is InChI=1S/C10H23NSi/c1-5-10-7-6-8-11(10)9-12(2,3)4/h10H,5-9H2,1-4H3. The van der Waals surface area contributed by atoms with E-state index in [0.717, 1.165) is 6.04 Å². The normalized spacial score (nSPS) is 26.5. The van der Waals surface area contributed by atoms with E-state index in [2.05, 4.69) is 31.5 Å². The molecular formula is C10H23NSi. The van der Waals surface area contributed by atoms with Gasteiger partial charge in [0, 0.05) is 6.04 Å². The summed E-state index contributed by atoms with van der Waals surface area (Å²) in [5, 5.41) is 0. The van der Waals surface area contributed by atoms with Gasteiger partial charge in [0.25, 0.3) is 0 Å². The van der Waals surface area contributed by atoms with Crippen LogP contribution in [0.15, 0.2) is 0 Å². The minimum absolute atomic E-state index is 0.854. The van der Waals surface area contributed by atoms with Crippen molar-refractivity contribution < 1.29 is 0 Å². The van der Waals surface area contributed by atoms with E-state index in [1.807, 2.05) is 0 Å². The highest BCUT2D eigenvalue weighted by Crippen LogP contribution is 2.21. The lowest BCUT2D eigenvalue weighted by atomic mass is 10.2. The molecule has 1 aliphatic heterocycles. The van der Waals surface area contributed by atoms with Gasteiger partial charge in [-0.1, -0.05) is 26.6 Å². The van der Waals surface area contributed by atoms with Crippen molar-refractivity contribution in [3.63, 3.8) is 0 Å². The zero-order valence-electron chi connectivity index (χ0n) is 9.06. The number of hydrogen-bond donors (Lipinski definition) is 0. The van der Waals surface area contributed by atoms with Gasteiger partial charge >= 0.3 is 0 Å². The summed E-state index contributed by atoms with van der Waals surface area (Å²) < 4.78 is 0. The molecule has 1 saturated heterocycles. The Morgan fingerprint density at radius 1 is 1.33 bits per heavy atom. The van der Waals surface area contributed by atoms with E-state index in [1.165, 1.54) is 32.0 Å². The zero-order chi connectivity index (χ0) is 9.19. The van der Waals surface area contributed by atoms with E-state index in [-0.39, 0.29) is 0 Å². The summed E-state index contributed by atoms with van der Waals surface area (Å²) in [5.41, 5.74) is 0. The largest absolute Gasteiger partial charge is 0.303 e. The zero-order valence-corrected chi connectivity index (χ0v) is 10.1. The molecule has 1 aliphatic rings. The Balaban J connectivity index is 2.41. The van der Waals surface area contributed by atoms with Crippen molar-refractivity contribution in [2.45, 2.75) is 51.9 Å². The molecule has 0 aliphatic carbocycles. The van der Waals surface area contributed by atoms with E-state index in [1.54, 1.807) is 0 Å². The molecule has 1 fully saturated rings. The maximum absolute atomic E-state index is 2.73. The fourth-order valence-corrected chi connectivity index (χ4v) is 3.81. The predicted molar refractivity (Wildman–Crippen MR) is 58.2 cm³/mol. The van der Waals surface area contributed by atoms with Crippen LogP contribution in [0.25, 0.3) is 0 Å². The molecule has 0 radical (unpaired) electrons. The van der Waals surface area contributed by atoms with Crippen LogP contribution in [0.2, 0.25) is 19.6 Å². The average Bonchev–Trinajstić information content (AvgIpc) is 2.31. The number of likely N-dealkylation sites (tertiary alicyclic amines) is 1. The minimum Gasteiger partial charge on any atom is -0.303 e. The van der Waals surface area contributed by atoms with Crippen LogP contribution in [0, 0.1) is 0 Å². The Bertz CT molecular complexity index is 139. The lowest BCUT2D eigenvalue weighted by molar-refractivity contribution is 0.283. The monoisotopic (exact) mass is 185 g/mol. The summed E-state index contributed by atoms with van der Waals surface area (Å²) >= 11 is 0. The molecule has 12 heavy (non-hydrogen) atoms. The van der Waals surface area contributed by atoms with Gasteiger partial charge in [0.1, 0.15) is 0 Å². The first-order chi connectivity index (χ1) is 5.53. The highest BCUT2D eigenvalue weighted by atomic mass is 28.3. The highest BCUT2D eigenvalue weighted by molar-refractivity contribution is 6.76. The highest BCUT2D eigenvalue weighted by Gasteiger charge is 2.27. The van der Waals surface area contributed by atoms with Crippen molar-refractivity contribution in [3.05, 3.63) is 0 Å². The Morgan fingerprint density at radius 2 is 2.00 bits per heavy atom. The van der Waals surface area contributed by atoms with Crippen molar-refractivity contribution in [3.8, 4) is 0 Å². The molecule has 1 heterocycles. The van der Waals surface area contributed by atoms with Crippen LogP contribution in [0.1, 0.15) is 26.2 Å². The molecule has 1 unspecified atom stereocenters. The fourth-order valence-electron chi connectivity index (χ4n) is 2.17. The molecule has 0 aromatic carbocycles. The van der Waals surface area contributed by atoms with Crippen LogP contribution >= 0.6 is 0 Å². The summed E-state index contributed by atoms with van der Waals surface area (Å²) in [6.45, 7) is 11.1. The van der Waals surface area contributed by atoms with Gasteiger partial charge in [-0.3, -0.25) is 0 Å². The summed E-state index contributed by atoms with van der Waals surface area (Å²) in [5.74, 6) is 0. The first kappa shape index (κ1) is 10.3. The lowest BCUT2D eigenvalue weighted by Gasteiger charge is -2.29. The van der Waals surface area contributed by atoms with Crippen LogP contribution in [0.5, 0.6) is 0 Å². The van der Waals surface area contributed by atoms with E-state index < -0.39 is 8.07 Å². The second kappa shape index (κ2) is 3.92. The van der Waals surface area contributed by atoms with Gasteiger partial charge in [-0.2, -0.15) is 0 Å². The van der Waals surface area contributed by atoms with Gasteiger partial charge in [-0.15, -0.1) is 0 Å². The second-order valence-corrected chi connectivity index (χ2v) is 10.7. The second-order valence-electron chi connectivity index (χ2n) is 5.24. The molecule has 0 bridgehead atoms. The molecule has 2 heteroatoms. The van der Waals surface area contributed by atoms with Gasteiger partial charge in [0.05, 0.1) is 8.07 Å². The van der Waals surface area contributed by atoms with E-state index >= 15 is 0 Å². The lowest BCUT2D eigenvalue weighted by Crippen LogP contribution is -2.42. The Hall–Kier alpha value is 0.177. The van der Waals surface area contributed by atoms with Gasteiger partial charge in [0.15, 0.2) is 0 Å². The third kappa shape index (κ3) is 2.90. The van der Waals surface area contributed by atoms with Crippen molar-refractivity contribution >= 4 is 8.07 Å². The summed E-state index contributed by atoms with van der Waals surface area (Å²) in [7, 11) is -0.854. The SMILES string of the molecule is CCC1CCCN1C[Si](C)(C)C. The van der Waals surface area contributed by atoms with Crippen molar-refractivity contribution in [2.75, 3.05) is 12.7 Å². The molecule has 1 nitrogen and oxygen atoms in total. The van der Waals surface area contributed by atoms with Crippen molar-refractivity contribution in [1.82, 2.24) is 4.90 Å². The topological polar surface area (TPSA) is 3.24 Å². The van der Waals surface area contributed by atoms with Crippen LogP contribution in [0.4, 0.5) is 0 Å². The fraction of sp³-hybridized carbons (Fsp3) is 1.00. The minimum atomic E-state index is -0.854. The molecular weight excluding hydrogens is 162 g/mol. The average molecular weight is 185 g/mol. The van der Waals surface area contributed by atoms with E-state index in [4.69, 9.17) is 0 Å². The van der Waals surface area contributed by atoms with Crippen molar-refractivity contribution in [1.29, 1.82) is 0 Å². The molecule has 0 aromatic rings. The molecule has 0 amide bonds. The Kier molecular flexibility index (Phi) is 3.35. The smallest absolute Gasteiger partial charge is 0.0599 e. The number of rotatable bonds is 3.